The van der Waals surface area contributed by atoms with Crippen LogP contribution in [0.5, 0.6) is 5.75 Å². The van der Waals surface area contributed by atoms with Crippen LogP contribution in [0.1, 0.15) is 29.2 Å². The molecule has 2 aromatic carbocycles. The highest BCUT2D eigenvalue weighted by Gasteiger charge is 2.11. The molecule has 0 radical (unpaired) electrons. The van der Waals surface area contributed by atoms with Gasteiger partial charge in [0, 0.05) is 19.5 Å². The van der Waals surface area contributed by atoms with E-state index in [2.05, 4.69) is 16.0 Å². The molecule has 6 nitrogen and oxygen atoms in total. The van der Waals surface area contributed by atoms with E-state index in [9.17, 15) is 4.79 Å². The molecule has 4 rings (SSSR count). The van der Waals surface area contributed by atoms with Crippen LogP contribution in [-0.4, -0.2) is 28.6 Å². The molecule has 1 amide bonds. The number of fused-ring (bicyclic) bond motifs is 1. The Morgan fingerprint density at radius 3 is 2.67 bits per heavy atom. The summed E-state index contributed by atoms with van der Waals surface area (Å²) < 4.78 is 13.2. The van der Waals surface area contributed by atoms with Gasteiger partial charge >= 0.3 is 0 Å². The Morgan fingerprint density at radius 2 is 1.83 bits per heavy atom. The summed E-state index contributed by atoms with van der Waals surface area (Å²) in [5.41, 5.74) is 2.13. The Morgan fingerprint density at radius 1 is 1.00 bits per heavy atom. The number of carbonyl (C=O) groups excluding carboxylic acids is 1. The van der Waals surface area contributed by atoms with Crippen molar-refractivity contribution in [3.63, 3.8) is 0 Å². The highest BCUT2D eigenvalue weighted by molar-refractivity contribution is 5.91. The van der Waals surface area contributed by atoms with Gasteiger partial charge in [0.2, 0.25) is 0 Å². The summed E-state index contributed by atoms with van der Waals surface area (Å²) in [4.78, 5) is 16.8. The molecule has 154 valence electrons. The monoisotopic (exact) mass is 403 g/mol. The number of nitrogens with one attached hydrogen (secondary N) is 1. The van der Waals surface area contributed by atoms with Crippen molar-refractivity contribution in [1.29, 1.82) is 0 Å². The smallest absolute Gasteiger partial charge is 0.286 e. The normalized spacial score (nSPS) is 10.9. The zero-order valence-corrected chi connectivity index (χ0v) is 16.8. The first-order valence-electron chi connectivity index (χ1n) is 10.2. The minimum atomic E-state index is -0.188. The van der Waals surface area contributed by atoms with Gasteiger partial charge in [0.25, 0.3) is 5.91 Å². The molecule has 1 N–H and O–H groups in total. The highest BCUT2D eigenvalue weighted by atomic mass is 16.5. The first kappa shape index (κ1) is 19.8. The molecule has 4 aromatic rings. The Kier molecular flexibility index (Phi) is 6.44. The summed E-state index contributed by atoms with van der Waals surface area (Å²) in [6, 6.07) is 21.4. The zero-order valence-electron chi connectivity index (χ0n) is 16.8. The van der Waals surface area contributed by atoms with Crippen molar-refractivity contribution in [2.75, 3.05) is 13.2 Å². The molecule has 0 atom stereocenters. The Hall–Kier alpha value is -3.54. The fourth-order valence-corrected chi connectivity index (χ4v) is 3.44. The third-order valence-corrected chi connectivity index (χ3v) is 4.88. The predicted molar refractivity (Wildman–Crippen MR) is 116 cm³/mol. The van der Waals surface area contributed by atoms with Gasteiger partial charge in [0.1, 0.15) is 11.6 Å². The van der Waals surface area contributed by atoms with Crippen LogP contribution in [0, 0.1) is 0 Å². The van der Waals surface area contributed by atoms with Gasteiger partial charge < -0.3 is 19.0 Å². The minimum Gasteiger partial charge on any atom is -0.494 e. The van der Waals surface area contributed by atoms with Crippen LogP contribution < -0.4 is 10.1 Å². The van der Waals surface area contributed by atoms with Crippen molar-refractivity contribution < 1.29 is 13.9 Å². The summed E-state index contributed by atoms with van der Waals surface area (Å²) in [5, 5.41) is 2.89. The number of para-hydroxylation sites is 3. The Labute approximate surface area is 175 Å². The molecule has 0 saturated carbocycles. The van der Waals surface area contributed by atoms with Crippen molar-refractivity contribution in [3.05, 3.63) is 84.6 Å². The molecule has 2 heterocycles. The first-order valence-corrected chi connectivity index (χ1v) is 10.2. The number of rotatable bonds is 10. The van der Waals surface area contributed by atoms with E-state index < -0.39 is 0 Å². The maximum absolute atomic E-state index is 12.0. The summed E-state index contributed by atoms with van der Waals surface area (Å²) >= 11 is 0. The Balaban J connectivity index is 1.33. The summed E-state index contributed by atoms with van der Waals surface area (Å²) in [6.45, 7) is 2.05. The van der Waals surface area contributed by atoms with Gasteiger partial charge in [0.15, 0.2) is 5.76 Å². The number of carbonyl (C=O) groups is 1. The summed E-state index contributed by atoms with van der Waals surface area (Å²) in [6.07, 6.45) is 3.97. The molecule has 2 aromatic heterocycles. The van der Waals surface area contributed by atoms with Crippen LogP contribution in [0.25, 0.3) is 11.0 Å². The van der Waals surface area contributed by atoms with E-state index >= 15 is 0 Å². The van der Waals surface area contributed by atoms with Gasteiger partial charge in [0.05, 0.1) is 23.9 Å². The fourth-order valence-electron chi connectivity index (χ4n) is 3.44. The maximum Gasteiger partial charge on any atom is 0.286 e. The second-order valence-electron chi connectivity index (χ2n) is 7.02. The Bertz CT molecular complexity index is 1070. The van der Waals surface area contributed by atoms with Crippen molar-refractivity contribution in [2.24, 2.45) is 0 Å². The molecule has 0 bridgehead atoms. The van der Waals surface area contributed by atoms with Gasteiger partial charge in [-0.15, -0.1) is 0 Å². The molecule has 0 aliphatic rings. The van der Waals surface area contributed by atoms with E-state index in [1.807, 2.05) is 48.5 Å². The van der Waals surface area contributed by atoms with Gasteiger partial charge in [-0.05, 0) is 49.2 Å². The summed E-state index contributed by atoms with van der Waals surface area (Å²) in [5.74, 6) is 2.07. The average molecular weight is 403 g/mol. The van der Waals surface area contributed by atoms with Crippen LogP contribution in [0.3, 0.4) is 0 Å². The number of aryl methyl sites for hydroxylation is 2. The number of furan rings is 1. The number of aromatic nitrogens is 2. The van der Waals surface area contributed by atoms with Crippen LogP contribution in [0.2, 0.25) is 0 Å². The molecular formula is C24H25N3O3. The molecule has 0 aliphatic heterocycles. The van der Waals surface area contributed by atoms with E-state index in [0.29, 0.717) is 18.9 Å². The lowest BCUT2D eigenvalue weighted by Crippen LogP contribution is -2.24. The van der Waals surface area contributed by atoms with Gasteiger partial charge in [-0.2, -0.15) is 0 Å². The van der Waals surface area contributed by atoms with Crippen molar-refractivity contribution in [2.45, 2.75) is 25.8 Å². The van der Waals surface area contributed by atoms with E-state index in [4.69, 9.17) is 14.1 Å². The number of nitrogens with zero attached hydrogens (tertiary/aromatic N) is 2. The van der Waals surface area contributed by atoms with Gasteiger partial charge in [-0.1, -0.05) is 30.3 Å². The second kappa shape index (κ2) is 9.78. The second-order valence-corrected chi connectivity index (χ2v) is 7.02. The number of hydrogen-bond acceptors (Lipinski definition) is 4. The molecule has 0 unspecified atom stereocenters. The maximum atomic E-state index is 12.0. The largest absolute Gasteiger partial charge is 0.494 e. The van der Waals surface area contributed by atoms with Gasteiger partial charge in [-0.25, -0.2) is 4.98 Å². The molecule has 6 heteroatoms. The standard InChI is InChI=1S/C24H25N3O3/c28-24(22-13-7-17-30-22)25-15-6-14-23-26-20-11-4-5-12-21(20)27(23)16-8-18-29-19-9-2-1-3-10-19/h1-5,7,9-13,17H,6,8,14-16,18H2,(H,25,28). The van der Waals surface area contributed by atoms with Gasteiger partial charge in [-0.3, -0.25) is 4.79 Å². The molecule has 0 spiro atoms. The van der Waals surface area contributed by atoms with Crippen LogP contribution >= 0.6 is 0 Å². The number of hydrogen-bond donors (Lipinski definition) is 1. The average Bonchev–Trinajstić information content (AvgIpc) is 3.43. The quantitative estimate of drug-likeness (QED) is 0.397. The first-order chi connectivity index (χ1) is 14.8. The summed E-state index contributed by atoms with van der Waals surface area (Å²) in [7, 11) is 0. The van der Waals surface area contributed by atoms with E-state index in [1.165, 1.54) is 6.26 Å². The number of benzene rings is 2. The van der Waals surface area contributed by atoms with Crippen LogP contribution in [0.15, 0.2) is 77.4 Å². The molecule has 30 heavy (non-hydrogen) atoms. The van der Waals surface area contributed by atoms with E-state index in [1.54, 1.807) is 12.1 Å². The third kappa shape index (κ3) is 4.89. The lowest BCUT2D eigenvalue weighted by molar-refractivity contribution is 0.0925. The lowest BCUT2D eigenvalue weighted by atomic mass is 10.2. The van der Waals surface area contributed by atoms with Crippen molar-refractivity contribution >= 4 is 16.9 Å². The zero-order chi connectivity index (χ0) is 20.6. The molecule has 0 saturated heterocycles. The molecule has 0 aliphatic carbocycles. The minimum absolute atomic E-state index is 0.188. The number of imidazole rings is 1. The molecule has 0 fully saturated rings. The van der Waals surface area contributed by atoms with Crippen LogP contribution in [0.4, 0.5) is 0 Å². The van der Waals surface area contributed by atoms with Crippen molar-refractivity contribution in [1.82, 2.24) is 14.9 Å². The SMILES string of the molecule is O=C(NCCCc1nc2ccccc2n1CCCOc1ccccc1)c1ccco1. The van der Waals surface area contributed by atoms with Crippen LogP contribution in [-0.2, 0) is 13.0 Å². The van der Waals surface area contributed by atoms with E-state index in [-0.39, 0.29) is 5.91 Å². The highest BCUT2D eigenvalue weighted by Crippen LogP contribution is 2.18. The predicted octanol–water partition coefficient (Wildman–Crippen LogP) is 4.46. The van der Waals surface area contributed by atoms with Crippen molar-refractivity contribution in [3.8, 4) is 5.75 Å². The number of ether oxygens (including phenoxy) is 1. The fraction of sp³-hybridized carbons (Fsp3) is 0.250. The number of amides is 1. The molecular weight excluding hydrogens is 378 g/mol. The third-order valence-electron chi connectivity index (χ3n) is 4.88. The van der Waals surface area contributed by atoms with E-state index in [0.717, 1.165) is 48.4 Å². The lowest BCUT2D eigenvalue weighted by Gasteiger charge is -2.11. The topological polar surface area (TPSA) is 69.3 Å².